The third-order valence-electron chi connectivity index (χ3n) is 7.75. The van der Waals surface area contributed by atoms with Gasteiger partial charge in [-0.15, -0.1) is 0 Å². The predicted molar refractivity (Wildman–Crippen MR) is 144 cm³/mol. The molecule has 1 aliphatic carbocycles. The molecule has 2 fully saturated rings. The number of rotatable bonds is 9. The Labute approximate surface area is 224 Å². The maximum absolute atomic E-state index is 13.3. The van der Waals surface area contributed by atoms with E-state index in [0.29, 0.717) is 12.0 Å². The molecule has 38 heavy (non-hydrogen) atoms. The number of Topliss-reactive ketones (excluding diaryl/α,β-unsaturated/α-hetero) is 1. The molecule has 1 saturated heterocycles. The molecule has 1 heterocycles. The van der Waals surface area contributed by atoms with Crippen LogP contribution in [0.3, 0.4) is 0 Å². The third kappa shape index (κ3) is 6.67. The lowest BCUT2D eigenvalue weighted by molar-refractivity contribution is -0.149. The van der Waals surface area contributed by atoms with Gasteiger partial charge >= 0.3 is 12.1 Å². The van der Waals surface area contributed by atoms with Crippen molar-refractivity contribution in [3.63, 3.8) is 0 Å². The van der Waals surface area contributed by atoms with E-state index in [1.807, 2.05) is 36.4 Å². The van der Waals surface area contributed by atoms with Crippen molar-refractivity contribution in [2.24, 2.45) is 5.92 Å². The molecule has 2 aromatic rings. The van der Waals surface area contributed by atoms with Gasteiger partial charge in [-0.05, 0) is 62.3 Å². The number of ketones is 1. The van der Waals surface area contributed by atoms with Crippen molar-refractivity contribution < 1.29 is 23.9 Å². The zero-order valence-corrected chi connectivity index (χ0v) is 22.0. The smallest absolute Gasteiger partial charge is 0.375 e. The topological polar surface area (TPSA) is 105 Å². The van der Waals surface area contributed by atoms with E-state index >= 15 is 0 Å². The summed E-state index contributed by atoms with van der Waals surface area (Å²) in [6, 6.07) is 17.2. The Hall–Kier alpha value is -3.52. The fourth-order valence-electron chi connectivity index (χ4n) is 5.63. The standard InChI is InChI=1S/C30H37N3O5/c1-33(29(37)38-28(36)30(18-11-19-31-30)24-16-9-4-10-17-24)21-26(34)25(20-22-12-5-2-6-13-22)32-27(35)23-14-7-3-8-15-23/h2-3,5-8,12-15,24-25,31H,4,9-11,16-21H2,1H3,(H,32,35)/t25-,30+/m0/s1. The highest BCUT2D eigenvalue weighted by Crippen LogP contribution is 2.38. The molecule has 8 nitrogen and oxygen atoms in total. The molecular formula is C30H37N3O5. The van der Waals surface area contributed by atoms with Crippen LogP contribution in [0.4, 0.5) is 4.79 Å². The molecule has 4 rings (SSSR count). The first-order chi connectivity index (χ1) is 18.4. The summed E-state index contributed by atoms with van der Waals surface area (Å²) in [7, 11) is 1.43. The van der Waals surface area contributed by atoms with E-state index in [1.165, 1.54) is 7.05 Å². The third-order valence-corrected chi connectivity index (χ3v) is 7.75. The summed E-state index contributed by atoms with van der Waals surface area (Å²) < 4.78 is 5.35. The number of nitrogens with one attached hydrogen (secondary N) is 2. The average molecular weight is 520 g/mol. The number of hydrogen-bond donors (Lipinski definition) is 2. The normalized spacial score (nSPS) is 20.3. The van der Waals surface area contributed by atoms with Gasteiger partial charge in [-0.2, -0.15) is 0 Å². The van der Waals surface area contributed by atoms with E-state index in [9.17, 15) is 19.2 Å². The zero-order chi connectivity index (χ0) is 27.0. The van der Waals surface area contributed by atoms with Gasteiger partial charge in [0.1, 0.15) is 5.54 Å². The highest BCUT2D eigenvalue weighted by molar-refractivity contribution is 5.99. The molecule has 2 aromatic carbocycles. The molecule has 0 aromatic heterocycles. The van der Waals surface area contributed by atoms with E-state index in [0.717, 1.165) is 55.5 Å². The van der Waals surface area contributed by atoms with Crippen molar-refractivity contribution in [3.05, 3.63) is 71.8 Å². The fourth-order valence-corrected chi connectivity index (χ4v) is 5.63. The highest BCUT2D eigenvalue weighted by Gasteiger charge is 2.49. The lowest BCUT2D eigenvalue weighted by Gasteiger charge is -2.37. The molecule has 0 unspecified atom stereocenters. The molecule has 2 aliphatic rings. The average Bonchev–Trinajstić information content (AvgIpc) is 3.45. The van der Waals surface area contributed by atoms with Crippen LogP contribution in [0.1, 0.15) is 60.9 Å². The summed E-state index contributed by atoms with van der Waals surface area (Å²) in [5.74, 6) is -1.13. The molecule has 0 radical (unpaired) electrons. The van der Waals surface area contributed by atoms with Crippen molar-refractivity contribution in [2.75, 3.05) is 20.1 Å². The molecule has 2 amide bonds. The van der Waals surface area contributed by atoms with E-state index in [4.69, 9.17) is 4.74 Å². The molecule has 0 spiro atoms. The van der Waals surface area contributed by atoms with Crippen molar-refractivity contribution in [1.82, 2.24) is 15.5 Å². The number of ether oxygens (including phenoxy) is 1. The van der Waals surface area contributed by atoms with Gasteiger partial charge in [0.15, 0.2) is 5.78 Å². The SMILES string of the molecule is CN(CC(=O)[C@H](Cc1ccccc1)NC(=O)c1ccccc1)C(=O)OC(=O)[C@]1(C2CCCCC2)CCCN1. The minimum Gasteiger partial charge on any atom is -0.375 e. The number of nitrogens with zero attached hydrogens (tertiary/aromatic N) is 1. The summed E-state index contributed by atoms with van der Waals surface area (Å²) in [6.07, 6.45) is 6.10. The van der Waals surface area contributed by atoms with E-state index < -0.39 is 23.6 Å². The molecule has 8 heteroatoms. The fraction of sp³-hybridized carbons (Fsp3) is 0.467. The predicted octanol–water partition coefficient (Wildman–Crippen LogP) is 3.89. The van der Waals surface area contributed by atoms with Gasteiger partial charge in [0.25, 0.3) is 5.91 Å². The van der Waals surface area contributed by atoms with Crippen LogP contribution in [0.25, 0.3) is 0 Å². The molecule has 2 N–H and O–H groups in total. The van der Waals surface area contributed by atoms with Crippen molar-refractivity contribution in [2.45, 2.75) is 62.9 Å². The van der Waals surface area contributed by atoms with Gasteiger partial charge in [-0.1, -0.05) is 67.8 Å². The summed E-state index contributed by atoms with van der Waals surface area (Å²) in [4.78, 5) is 53.4. The summed E-state index contributed by atoms with van der Waals surface area (Å²) >= 11 is 0. The van der Waals surface area contributed by atoms with Gasteiger partial charge in [0.05, 0.1) is 12.6 Å². The number of carbonyl (C=O) groups is 4. The lowest BCUT2D eigenvalue weighted by atomic mass is 9.74. The van der Waals surface area contributed by atoms with Gasteiger partial charge in [0, 0.05) is 12.6 Å². The molecular weight excluding hydrogens is 482 g/mol. The first-order valence-corrected chi connectivity index (χ1v) is 13.5. The zero-order valence-electron chi connectivity index (χ0n) is 22.0. The number of benzene rings is 2. The Morgan fingerprint density at radius 2 is 1.63 bits per heavy atom. The highest BCUT2D eigenvalue weighted by atomic mass is 16.6. The van der Waals surface area contributed by atoms with Crippen LogP contribution in [0.5, 0.6) is 0 Å². The van der Waals surface area contributed by atoms with Crippen molar-refractivity contribution in [3.8, 4) is 0 Å². The molecule has 202 valence electrons. The second kappa shape index (κ2) is 12.8. The number of likely N-dealkylation sites (N-methyl/N-ethyl adjacent to an activating group) is 1. The number of hydrogen-bond acceptors (Lipinski definition) is 6. The van der Waals surface area contributed by atoms with Crippen LogP contribution in [-0.4, -0.2) is 60.4 Å². The van der Waals surface area contributed by atoms with E-state index in [2.05, 4.69) is 10.6 Å². The molecule has 2 atom stereocenters. The Kier molecular flexibility index (Phi) is 9.29. The van der Waals surface area contributed by atoms with Gasteiger partial charge in [-0.25, -0.2) is 9.59 Å². The number of amides is 2. The molecule has 1 aliphatic heterocycles. The monoisotopic (exact) mass is 519 g/mol. The van der Waals surface area contributed by atoms with Gasteiger partial charge in [-0.3, -0.25) is 9.59 Å². The van der Waals surface area contributed by atoms with Crippen LogP contribution in [-0.2, 0) is 20.7 Å². The van der Waals surface area contributed by atoms with Crippen molar-refractivity contribution >= 4 is 23.8 Å². The van der Waals surface area contributed by atoms with Crippen LogP contribution in [0.2, 0.25) is 0 Å². The van der Waals surface area contributed by atoms with Crippen LogP contribution in [0, 0.1) is 5.92 Å². The Bertz CT molecular complexity index is 1110. The largest absolute Gasteiger partial charge is 0.417 e. The Balaban J connectivity index is 1.41. The maximum atomic E-state index is 13.3. The Morgan fingerprint density at radius 3 is 2.26 bits per heavy atom. The minimum absolute atomic E-state index is 0.148. The summed E-state index contributed by atoms with van der Waals surface area (Å²) in [6.45, 7) is 0.416. The quantitative estimate of drug-likeness (QED) is 0.385. The van der Waals surface area contributed by atoms with Crippen LogP contribution >= 0.6 is 0 Å². The van der Waals surface area contributed by atoms with Crippen LogP contribution < -0.4 is 10.6 Å². The molecule has 1 saturated carbocycles. The second-order valence-electron chi connectivity index (χ2n) is 10.4. The van der Waals surface area contributed by atoms with Gasteiger partial charge < -0.3 is 20.3 Å². The first-order valence-electron chi connectivity index (χ1n) is 13.5. The maximum Gasteiger partial charge on any atom is 0.417 e. The van der Waals surface area contributed by atoms with Gasteiger partial charge in [0.2, 0.25) is 0 Å². The number of esters is 1. The summed E-state index contributed by atoms with van der Waals surface area (Å²) in [5, 5.41) is 6.16. The minimum atomic E-state index is -0.861. The van der Waals surface area contributed by atoms with E-state index in [1.54, 1.807) is 24.3 Å². The van der Waals surface area contributed by atoms with E-state index in [-0.39, 0.29) is 30.6 Å². The van der Waals surface area contributed by atoms with Crippen LogP contribution in [0.15, 0.2) is 60.7 Å². The van der Waals surface area contributed by atoms with Crippen molar-refractivity contribution in [1.29, 1.82) is 0 Å². The summed E-state index contributed by atoms with van der Waals surface area (Å²) in [5.41, 5.74) is 0.482. The Morgan fingerprint density at radius 1 is 0.974 bits per heavy atom. The lowest BCUT2D eigenvalue weighted by Crippen LogP contribution is -2.56. The molecule has 0 bridgehead atoms. The number of carbonyl (C=O) groups excluding carboxylic acids is 4. The second-order valence-corrected chi connectivity index (χ2v) is 10.4. The first kappa shape index (κ1) is 27.5.